The summed E-state index contributed by atoms with van der Waals surface area (Å²) in [6.45, 7) is 0. The molecule has 2 heterocycles. The third-order valence-corrected chi connectivity index (χ3v) is 6.36. The monoisotopic (exact) mass is 422 g/mol. The summed E-state index contributed by atoms with van der Waals surface area (Å²) in [5.74, 6) is -0.0428. The number of hydrogen-bond acceptors (Lipinski definition) is 6. The van der Waals surface area contributed by atoms with Gasteiger partial charge in [-0.05, 0) is 42.3 Å². The molecule has 0 unspecified atom stereocenters. The first-order chi connectivity index (χ1) is 14.1. The number of nitrogens with zero attached hydrogens (tertiary/aromatic N) is 2. The van der Waals surface area contributed by atoms with E-state index >= 15 is 0 Å². The fourth-order valence-electron chi connectivity index (χ4n) is 2.91. The molecule has 1 N–H and O–H groups in total. The van der Waals surface area contributed by atoms with Crippen LogP contribution in [0.2, 0.25) is 0 Å². The van der Waals surface area contributed by atoms with Crippen molar-refractivity contribution in [3.05, 3.63) is 64.6 Å². The van der Waals surface area contributed by atoms with Gasteiger partial charge >= 0.3 is 5.97 Å². The average molecular weight is 423 g/mol. The number of carboxylic acids is 1. The van der Waals surface area contributed by atoms with Gasteiger partial charge in [-0.1, -0.05) is 24.3 Å². The van der Waals surface area contributed by atoms with Crippen LogP contribution >= 0.6 is 22.7 Å². The lowest BCUT2D eigenvalue weighted by molar-refractivity contribution is -0.136. The van der Waals surface area contributed by atoms with Crippen molar-refractivity contribution in [1.82, 2.24) is 9.97 Å². The highest BCUT2D eigenvalue weighted by Gasteiger charge is 2.12. The Morgan fingerprint density at radius 3 is 2.79 bits per heavy atom. The standard InChI is InChI=1S/C22H18N2O3S2/c1-27-17-6-4-5-14(12-17)21-23-16(13-28-21)11-15(9-10-20(25)26)22-24-18-7-2-3-8-19(18)29-22/h2-8,11-13H,9-10H2,1H3,(H,25,26)/b15-11-. The van der Waals surface area contributed by atoms with Gasteiger partial charge in [0.1, 0.15) is 15.8 Å². The number of methoxy groups -OCH3 is 1. The minimum absolute atomic E-state index is 0.0502. The summed E-state index contributed by atoms with van der Waals surface area (Å²) in [6, 6.07) is 15.7. The molecule has 0 aliphatic carbocycles. The van der Waals surface area contributed by atoms with Crippen LogP contribution in [0.5, 0.6) is 5.75 Å². The van der Waals surface area contributed by atoms with Crippen LogP contribution in [0.1, 0.15) is 23.5 Å². The van der Waals surface area contributed by atoms with Crippen molar-refractivity contribution >= 4 is 50.5 Å². The molecule has 0 bridgehead atoms. The Labute approximate surface area is 176 Å². The highest BCUT2D eigenvalue weighted by molar-refractivity contribution is 7.19. The summed E-state index contributed by atoms with van der Waals surface area (Å²) in [4.78, 5) is 20.5. The van der Waals surface area contributed by atoms with Gasteiger partial charge in [0.05, 0.1) is 23.0 Å². The van der Waals surface area contributed by atoms with Crippen LogP contribution < -0.4 is 4.74 Å². The normalized spacial score (nSPS) is 11.7. The molecule has 0 saturated carbocycles. The third kappa shape index (κ3) is 4.52. The van der Waals surface area contributed by atoms with Crippen molar-refractivity contribution in [3.8, 4) is 16.3 Å². The van der Waals surface area contributed by atoms with Gasteiger partial charge in [-0.15, -0.1) is 22.7 Å². The number of thiazole rings is 2. The molecule has 0 radical (unpaired) electrons. The molecule has 0 saturated heterocycles. The fourth-order valence-corrected chi connectivity index (χ4v) is 4.70. The third-order valence-electron chi connectivity index (χ3n) is 4.34. The van der Waals surface area contributed by atoms with E-state index < -0.39 is 5.97 Å². The highest BCUT2D eigenvalue weighted by atomic mass is 32.1. The summed E-state index contributed by atoms with van der Waals surface area (Å²) in [6.07, 6.45) is 2.40. The number of rotatable bonds is 7. The maximum absolute atomic E-state index is 11.1. The van der Waals surface area contributed by atoms with Crippen molar-refractivity contribution in [2.45, 2.75) is 12.8 Å². The molecule has 0 aliphatic heterocycles. The number of ether oxygens (including phenoxy) is 1. The van der Waals surface area contributed by atoms with E-state index in [-0.39, 0.29) is 6.42 Å². The zero-order valence-corrected chi connectivity index (χ0v) is 17.3. The molecule has 4 aromatic rings. The van der Waals surface area contributed by atoms with Gasteiger partial charge in [-0.2, -0.15) is 0 Å². The number of carbonyl (C=O) groups is 1. The molecule has 0 atom stereocenters. The van der Waals surface area contributed by atoms with E-state index in [4.69, 9.17) is 19.8 Å². The number of fused-ring (bicyclic) bond motifs is 1. The van der Waals surface area contributed by atoms with Crippen LogP contribution in [-0.2, 0) is 4.79 Å². The topological polar surface area (TPSA) is 72.3 Å². The predicted octanol–water partition coefficient (Wildman–Crippen LogP) is 5.83. The van der Waals surface area contributed by atoms with Crippen LogP contribution in [0.15, 0.2) is 53.9 Å². The Bertz CT molecular complexity index is 1160. The average Bonchev–Trinajstić information content (AvgIpc) is 3.38. The summed E-state index contributed by atoms with van der Waals surface area (Å²) in [7, 11) is 1.64. The van der Waals surface area contributed by atoms with Crippen molar-refractivity contribution in [2.24, 2.45) is 0 Å². The summed E-state index contributed by atoms with van der Waals surface area (Å²) in [5.41, 5.74) is 3.59. The zero-order valence-electron chi connectivity index (χ0n) is 15.7. The number of aliphatic carboxylic acids is 1. The van der Waals surface area contributed by atoms with Crippen LogP contribution in [0.3, 0.4) is 0 Å². The molecule has 7 heteroatoms. The van der Waals surface area contributed by atoms with E-state index in [2.05, 4.69) is 0 Å². The van der Waals surface area contributed by atoms with Gasteiger partial charge in [0.2, 0.25) is 0 Å². The largest absolute Gasteiger partial charge is 0.497 e. The molecule has 2 aromatic heterocycles. The van der Waals surface area contributed by atoms with Crippen molar-refractivity contribution < 1.29 is 14.6 Å². The van der Waals surface area contributed by atoms with Gasteiger partial charge in [0, 0.05) is 17.4 Å². The Hall–Kier alpha value is -3.03. The van der Waals surface area contributed by atoms with Crippen LogP contribution in [0, 0.1) is 0 Å². The van der Waals surface area contributed by atoms with E-state index in [1.54, 1.807) is 29.8 Å². The quantitative estimate of drug-likeness (QED) is 0.405. The first-order valence-corrected chi connectivity index (χ1v) is 10.7. The SMILES string of the molecule is COc1cccc(-c2nc(/C=C(/CCC(=O)O)c3nc4ccccc4s3)cs2)c1. The molecular weight excluding hydrogens is 404 g/mol. The highest BCUT2D eigenvalue weighted by Crippen LogP contribution is 2.32. The molecule has 5 nitrogen and oxygen atoms in total. The van der Waals surface area contributed by atoms with Crippen molar-refractivity contribution in [1.29, 1.82) is 0 Å². The summed E-state index contributed by atoms with van der Waals surface area (Å²) < 4.78 is 6.37. The minimum atomic E-state index is -0.827. The first kappa shape index (κ1) is 19.3. The van der Waals surface area contributed by atoms with Crippen molar-refractivity contribution in [2.75, 3.05) is 7.11 Å². The van der Waals surface area contributed by atoms with Gasteiger partial charge in [0.15, 0.2) is 0 Å². The van der Waals surface area contributed by atoms with Gasteiger partial charge < -0.3 is 9.84 Å². The van der Waals surface area contributed by atoms with Crippen LogP contribution in [-0.4, -0.2) is 28.2 Å². The predicted molar refractivity (Wildman–Crippen MR) is 118 cm³/mol. The van der Waals surface area contributed by atoms with E-state index in [1.165, 1.54) is 0 Å². The zero-order chi connectivity index (χ0) is 20.2. The van der Waals surface area contributed by atoms with Gasteiger partial charge in [0.25, 0.3) is 0 Å². The molecule has 0 fully saturated rings. The maximum Gasteiger partial charge on any atom is 0.303 e. The van der Waals surface area contributed by atoms with Crippen LogP contribution in [0.25, 0.3) is 32.4 Å². The first-order valence-electron chi connectivity index (χ1n) is 9.00. The second-order valence-corrected chi connectivity index (χ2v) is 8.25. The van der Waals surface area contributed by atoms with Crippen molar-refractivity contribution in [3.63, 3.8) is 0 Å². The Balaban J connectivity index is 1.68. The lowest BCUT2D eigenvalue weighted by Gasteiger charge is -2.02. The Kier molecular flexibility index (Phi) is 5.69. The molecule has 0 spiro atoms. The number of allylic oxidation sites excluding steroid dienone is 1. The van der Waals surface area contributed by atoms with E-state index in [9.17, 15) is 4.79 Å². The van der Waals surface area contributed by atoms with Crippen LogP contribution in [0.4, 0.5) is 0 Å². The molecule has 0 aliphatic rings. The molecule has 4 rings (SSSR count). The molecule has 29 heavy (non-hydrogen) atoms. The summed E-state index contributed by atoms with van der Waals surface area (Å²) >= 11 is 3.12. The molecule has 0 amide bonds. The lowest BCUT2D eigenvalue weighted by atomic mass is 10.1. The lowest BCUT2D eigenvalue weighted by Crippen LogP contribution is -1.95. The van der Waals surface area contributed by atoms with Gasteiger partial charge in [-0.25, -0.2) is 9.97 Å². The smallest absolute Gasteiger partial charge is 0.303 e. The molecular formula is C22H18N2O3S2. The molecule has 2 aromatic carbocycles. The number of hydrogen-bond donors (Lipinski definition) is 1. The second kappa shape index (κ2) is 8.55. The minimum Gasteiger partial charge on any atom is -0.497 e. The summed E-state index contributed by atoms with van der Waals surface area (Å²) in [5, 5.41) is 12.8. The number of benzene rings is 2. The maximum atomic E-state index is 11.1. The number of carboxylic acid groups (broad SMARTS) is 1. The number of para-hydroxylation sites is 1. The Morgan fingerprint density at radius 2 is 2.00 bits per heavy atom. The number of aromatic nitrogens is 2. The Morgan fingerprint density at radius 1 is 1.14 bits per heavy atom. The van der Waals surface area contributed by atoms with E-state index in [0.29, 0.717) is 6.42 Å². The fraction of sp³-hybridized carbons (Fsp3) is 0.136. The van der Waals surface area contributed by atoms with E-state index in [1.807, 2.05) is 60.0 Å². The molecule has 146 valence electrons. The second-order valence-electron chi connectivity index (χ2n) is 6.36. The van der Waals surface area contributed by atoms with Gasteiger partial charge in [-0.3, -0.25) is 4.79 Å². The van der Waals surface area contributed by atoms with E-state index in [0.717, 1.165) is 42.8 Å².